The molecule has 0 saturated carbocycles. The van der Waals surface area contributed by atoms with Crippen molar-refractivity contribution < 1.29 is 23.8 Å². The molecule has 2 aliphatic rings. The number of dihydropyridines is 1. The lowest BCUT2D eigenvalue weighted by molar-refractivity contribution is -0.138. The summed E-state index contributed by atoms with van der Waals surface area (Å²) in [6.07, 6.45) is 2.29. The summed E-state index contributed by atoms with van der Waals surface area (Å²) in [6.45, 7) is 10.4. The molecule has 3 aromatic rings. The van der Waals surface area contributed by atoms with Crippen LogP contribution < -0.4 is 14.8 Å². The highest BCUT2D eigenvalue weighted by atomic mass is 35.5. The molecule has 1 heterocycles. The molecule has 1 aliphatic heterocycles. The lowest BCUT2D eigenvalue weighted by Crippen LogP contribution is -2.29. The summed E-state index contributed by atoms with van der Waals surface area (Å²) in [6, 6.07) is 18.8. The standard InChI is InChI=1S/C34H32ClNO5/c1-5-10-22-17-23(18-27(39-6-2)33(22)41-19-21-13-15-24(35)16-14-21)29-28(34(38)40-7-3)20(4)36-31-25-11-8-9-12-26(25)32(37)30(29)31/h5,8-9,11-18,29,36H,1,6-7,10,19H2,2-4H3/t29-/m0/s1. The average molecular weight is 570 g/mol. The zero-order chi connectivity index (χ0) is 29.1. The van der Waals surface area contributed by atoms with E-state index in [-0.39, 0.29) is 12.4 Å². The topological polar surface area (TPSA) is 73.9 Å². The first-order chi connectivity index (χ1) is 19.9. The van der Waals surface area contributed by atoms with Crippen molar-refractivity contribution in [1.82, 2.24) is 5.32 Å². The van der Waals surface area contributed by atoms with Crippen LogP contribution in [0.4, 0.5) is 0 Å². The van der Waals surface area contributed by atoms with E-state index in [1.807, 2.05) is 74.5 Å². The van der Waals surface area contributed by atoms with Gasteiger partial charge in [0.1, 0.15) is 6.61 Å². The van der Waals surface area contributed by atoms with Gasteiger partial charge in [0.2, 0.25) is 0 Å². The van der Waals surface area contributed by atoms with E-state index in [0.717, 1.165) is 22.3 Å². The van der Waals surface area contributed by atoms with Gasteiger partial charge >= 0.3 is 5.97 Å². The van der Waals surface area contributed by atoms with E-state index in [0.29, 0.717) is 64.3 Å². The molecular formula is C34H32ClNO5. The number of esters is 1. The molecule has 1 atom stereocenters. The number of ketones is 1. The van der Waals surface area contributed by atoms with E-state index in [1.54, 1.807) is 13.0 Å². The summed E-state index contributed by atoms with van der Waals surface area (Å²) >= 11 is 6.05. The predicted octanol–water partition coefficient (Wildman–Crippen LogP) is 7.18. The molecule has 0 saturated heterocycles. The van der Waals surface area contributed by atoms with Crippen LogP contribution in [0.3, 0.4) is 0 Å². The van der Waals surface area contributed by atoms with Crippen molar-refractivity contribution in [2.75, 3.05) is 13.2 Å². The third-order valence-electron chi connectivity index (χ3n) is 7.19. The number of fused-ring (bicyclic) bond motifs is 2. The number of hydrogen-bond acceptors (Lipinski definition) is 6. The first kappa shape index (κ1) is 28.2. The molecule has 5 rings (SSSR count). The van der Waals surface area contributed by atoms with Gasteiger partial charge < -0.3 is 19.5 Å². The Morgan fingerprint density at radius 3 is 2.44 bits per heavy atom. The fraction of sp³-hybridized carbons (Fsp3) is 0.235. The van der Waals surface area contributed by atoms with Crippen molar-refractivity contribution in [3.8, 4) is 11.5 Å². The van der Waals surface area contributed by atoms with Crippen molar-refractivity contribution in [2.45, 2.75) is 39.7 Å². The number of Topliss-reactive ketones (excluding diaryl/α,β-unsaturated/α-hetero) is 1. The van der Waals surface area contributed by atoms with E-state index in [9.17, 15) is 9.59 Å². The second-order valence-electron chi connectivity index (χ2n) is 9.83. The van der Waals surface area contributed by atoms with E-state index < -0.39 is 11.9 Å². The molecule has 0 aromatic heterocycles. The smallest absolute Gasteiger partial charge is 0.336 e. The van der Waals surface area contributed by atoms with Crippen LogP contribution in [0, 0.1) is 0 Å². The fourth-order valence-corrected chi connectivity index (χ4v) is 5.59. The van der Waals surface area contributed by atoms with Gasteiger partial charge in [-0.15, -0.1) is 6.58 Å². The quantitative estimate of drug-likeness (QED) is 0.206. The van der Waals surface area contributed by atoms with Crippen molar-refractivity contribution in [3.05, 3.63) is 123 Å². The third kappa shape index (κ3) is 5.40. The molecule has 0 spiro atoms. The highest BCUT2D eigenvalue weighted by Gasteiger charge is 2.43. The Bertz CT molecular complexity index is 1590. The molecule has 0 amide bonds. The number of carbonyl (C=O) groups is 2. The number of allylic oxidation sites excluding steroid dienone is 3. The largest absolute Gasteiger partial charge is 0.490 e. The number of carbonyl (C=O) groups excluding carboxylic acids is 2. The minimum Gasteiger partial charge on any atom is -0.490 e. The number of ether oxygens (including phenoxy) is 3. The molecule has 3 aromatic carbocycles. The lowest BCUT2D eigenvalue weighted by Gasteiger charge is -2.30. The summed E-state index contributed by atoms with van der Waals surface area (Å²) in [5.74, 6) is -0.135. The van der Waals surface area contributed by atoms with E-state index in [4.69, 9.17) is 25.8 Å². The number of hydrogen-bond donors (Lipinski definition) is 1. The molecule has 210 valence electrons. The molecule has 41 heavy (non-hydrogen) atoms. The van der Waals surface area contributed by atoms with Gasteiger partial charge in [-0.2, -0.15) is 0 Å². The summed E-state index contributed by atoms with van der Waals surface area (Å²) in [5, 5.41) is 4.00. The Morgan fingerprint density at radius 2 is 1.76 bits per heavy atom. The Kier molecular flexibility index (Phi) is 8.31. The van der Waals surface area contributed by atoms with Crippen LogP contribution in [0.5, 0.6) is 11.5 Å². The molecule has 0 radical (unpaired) electrons. The Balaban J connectivity index is 1.66. The third-order valence-corrected chi connectivity index (χ3v) is 7.44. The van der Waals surface area contributed by atoms with Crippen LogP contribution in [-0.4, -0.2) is 25.0 Å². The Labute approximate surface area is 245 Å². The summed E-state index contributed by atoms with van der Waals surface area (Å²) in [7, 11) is 0. The van der Waals surface area contributed by atoms with Gasteiger partial charge in [0, 0.05) is 38.9 Å². The maximum Gasteiger partial charge on any atom is 0.336 e. The first-order valence-electron chi connectivity index (χ1n) is 13.7. The minimum atomic E-state index is -0.668. The summed E-state index contributed by atoms with van der Waals surface area (Å²) in [4.78, 5) is 27.3. The fourth-order valence-electron chi connectivity index (χ4n) is 5.46. The molecule has 0 fully saturated rings. The SMILES string of the molecule is C=CCc1cc([C@H]2C(C(=O)OCC)=C(C)NC3=C2C(=O)c2ccccc23)cc(OCC)c1OCc1ccc(Cl)cc1. The molecular weight excluding hydrogens is 538 g/mol. The molecule has 0 unspecified atom stereocenters. The zero-order valence-corrected chi connectivity index (χ0v) is 24.1. The number of rotatable bonds is 10. The highest BCUT2D eigenvalue weighted by molar-refractivity contribution is 6.30. The molecule has 1 N–H and O–H groups in total. The van der Waals surface area contributed by atoms with E-state index >= 15 is 0 Å². The van der Waals surface area contributed by atoms with Gasteiger partial charge in [-0.05, 0) is 56.5 Å². The van der Waals surface area contributed by atoms with Crippen molar-refractivity contribution in [3.63, 3.8) is 0 Å². The van der Waals surface area contributed by atoms with Gasteiger partial charge in [-0.3, -0.25) is 4.79 Å². The second kappa shape index (κ2) is 12.1. The second-order valence-corrected chi connectivity index (χ2v) is 10.3. The summed E-state index contributed by atoms with van der Waals surface area (Å²) < 4.78 is 17.9. The van der Waals surface area contributed by atoms with E-state index in [1.165, 1.54) is 0 Å². The minimum absolute atomic E-state index is 0.117. The van der Waals surface area contributed by atoms with Gasteiger partial charge in [-0.1, -0.05) is 60.1 Å². The number of benzene rings is 3. The van der Waals surface area contributed by atoms with E-state index in [2.05, 4.69) is 11.9 Å². The Morgan fingerprint density at radius 1 is 1.02 bits per heavy atom. The normalized spacial score (nSPS) is 15.7. The first-order valence-corrected chi connectivity index (χ1v) is 14.1. The van der Waals surface area contributed by atoms with Gasteiger partial charge in [0.15, 0.2) is 17.3 Å². The van der Waals surface area contributed by atoms with Crippen LogP contribution in [0.2, 0.25) is 5.02 Å². The van der Waals surface area contributed by atoms with Crippen molar-refractivity contribution in [2.24, 2.45) is 0 Å². The van der Waals surface area contributed by atoms with Gasteiger partial charge in [0.25, 0.3) is 0 Å². The monoisotopic (exact) mass is 569 g/mol. The number of halogens is 1. The maximum atomic E-state index is 13.9. The lowest BCUT2D eigenvalue weighted by atomic mass is 9.79. The number of nitrogens with one attached hydrogen (secondary N) is 1. The van der Waals surface area contributed by atoms with Crippen LogP contribution >= 0.6 is 11.6 Å². The van der Waals surface area contributed by atoms with Crippen LogP contribution in [-0.2, 0) is 22.6 Å². The van der Waals surface area contributed by atoms with Crippen LogP contribution in [0.25, 0.3) is 5.70 Å². The van der Waals surface area contributed by atoms with Crippen molar-refractivity contribution >= 4 is 29.1 Å². The van der Waals surface area contributed by atoms with Crippen LogP contribution in [0.1, 0.15) is 59.3 Å². The Hall–Kier alpha value is -4.29. The predicted molar refractivity (Wildman–Crippen MR) is 160 cm³/mol. The van der Waals surface area contributed by atoms with Crippen molar-refractivity contribution in [1.29, 1.82) is 0 Å². The zero-order valence-electron chi connectivity index (χ0n) is 23.4. The van der Waals surface area contributed by atoms with Crippen LogP contribution in [0.15, 0.2) is 90.2 Å². The molecule has 1 aliphatic carbocycles. The molecule has 7 heteroatoms. The average Bonchev–Trinajstić information content (AvgIpc) is 3.24. The highest BCUT2D eigenvalue weighted by Crippen LogP contribution is 2.49. The maximum absolute atomic E-state index is 13.9. The van der Waals surface area contributed by atoms with Gasteiger partial charge in [0.05, 0.1) is 24.5 Å². The van der Waals surface area contributed by atoms with Gasteiger partial charge in [-0.25, -0.2) is 4.79 Å². The summed E-state index contributed by atoms with van der Waals surface area (Å²) in [5.41, 5.74) is 6.22. The molecule has 0 bridgehead atoms. The molecule has 6 nitrogen and oxygen atoms in total.